The van der Waals surface area contributed by atoms with E-state index in [-0.39, 0.29) is 17.4 Å². The molecule has 0 radical (unpaired) electrons. The average Bonchev–Trinajstić information content (AvgIpc) is 3.09. The molecular formula is C19H16ClNO3S. The van der Waals surface area contributed by atoms with Gasteiger partial charge in [-0.3, -0.25) is 9.00 Å². The van der Waals surface area contributed by atoms with Gasteiger partial charge in [-0.05, 0) is 29.8 Å². The van der Waals surface area contributed by atoms with E-state index in [0.717, 1.165) is 5.56 Å². The molecule has 1 heterocycles. The normalized spacial score (nSPS) is 11.9. The quantitative estimate of drug-likeness (QED) is 0.705. The van der Waals surface area contributed by atoms with Crippen molar-refractivity contribution >= 4 is 28.3 Å². The summed E-state index contributed by atoms with van der Waals surface area (Å²) in [5.41, 5.74) is 1.00. The zero-order valence-electron chi connectivity index (χ0n) is 13.3. The first-order valence-corrected chi connectivity index (χ1v) is 9.37. The van der Waals surface area contributed by atoms with E-state index in [0.29, 0.717) is 22.2 Å². The summed E-state index contributed by atoms with van der Waals surface area (Å²) in [6.45, 7) is 0.418. The summed E-state index contributed by atoms with van der Waals surface area (Å²) in [5, 5.41) is 3.25. The molecule has 1 aromatic heterocycles. The molecule has 2 aromatic carbocycles. The van der Waals surface area contributed by atoms with E-state index in [2.05, 4.69) is 5.32 Å². The molecule has 0 aliphatic rings. The van der Waals surface area contributed by atoms with Crippen molar-refractivity contribution in [1.29, 1.82) is 0 Å². The number of furan rings is 1. The van der Waals surface area contributed by atoms with Gasteiger partial charge < -0.3 is 9.73 Å². The smallest absolute Gasteiger partial charge is 0.287 e. The van der Waals surface area contributed by atoms with Gasteiger partial charge in [-0.1, -0.05) is 54.1 Å². The summed E-state index contributed by atoms with van der Waals surface area (Å²) in [6.07, 6.45) is 0. The number of hydrogen-bond donors (Lipinski definition) is 1. The van der Waals surface area contributed by atoms with Gasteiger partial charge in [-0.2, -0.15) is 0 Å². The monoisotopic (exact) mass is 373 g/mol. The highest BCUT2D eigenvalue weighted by molar-refractivity contribution is 7.84. The van der Waals surface area contributed by atoms with Crippen molar-refractivity contribution in [3.63, 3.8) is 0 Å². The summed E-state index contributed by atoms with van der Waals surface area (Å²) in [6, 6.07) is 19.8. The first-order valence-electron chi connectivity index (χ1n) is 7.67. The summed E-state index contributed by atoms with van der Waals surface area (Å²) < 4.78 is 17.9. The topological polar surface area (TPSA) is 59.3 Å². The molecule has 0 saturated heterocycles. The van der Waals surface area contributed by atoms with Gasteiger partial charge in [0.2, 0.25) is 0 Å². The molecule has 1 amide bonds. The van der Waals surface area contributed by atoms with Gasteiger partial charge in [-0.25, -0.2) is 0 Å². The number of rotatable bonds is 6. The van der Waals surface area contributed by atoms with Crippen molar-refractivity contribution < 1.29 is 13.4 Å². The number of nitrogens with one attached hydrogen (secondary N) is 1. The highest BCUT2D eigenvalue weighted by atomic mass is 35.5. The van der Waals surface area contributed by atoms with Crippen LogP contribution in [-0.4, -0.2) is 10.1 Å². The van der Waals surface area contributed by atoms with E-state index >= 15 is 0 Å². The fraction of sp³-hybridized carbons (Fsp3) is 0.105. The fourth-order valence-electron chi connectivity index (χ4n) is 2.28. The molecule has 3 aromatic rings. The van der Waals surface area contributed by atoms with Crippen molar-refractivity contribution in [2.75, 3.05) is 0 Å². The van der Waals surface area contributed by atoms with Crippen molar-refractivity contribution in [3.05, 3.63) is 88.8 Å². The van der Waals surface area contributed by atoms with Crippen LogP contribution >= 0.6 is 11.6 Å². The van der Waals surface area contributed by atoms with E-state index in [1.807, 2.05) is 30.3 Å². The van der Waals surface area contributed by atoms with E-state index in [1.165, 1.54) is 0 Å². The van der Waals surface area contributed by atoms with Crippen LogP contribution in [0.2, 0.25) is 5.02 Å². The Morgan fingerprint density at radius 3 is 2.48 bits per heavy atom. The van der Waals surface area contributed by atoms with Crippen LogP contribution in [-0.2, 0) is 23.1 Å². The minimum Gasteiger partial charge on any atom is -0.455 e. The van der Waals surface area contributed by atoms with Crippen molar-refractivity contribution in [1.82, 2.24) is 5.32 Å². The maximum absolute atomic E-state index is 12.4. The zero-order chi connectivity index (χ0) is 17.6. The molecule has 128 valence electrons. The maximum atomic E-state index is 12.4. The molecule has 1 N–H and O–H groups in total. The average molecular weight is 374 g/mol. The van der Waals surface area contributed by atoms with Crippen molar-refractivity contribution in [2.45, 2.75) is 17.2 Å². The van der Waals surface area contributed by atoms with Crippen LogP contribution < -0.4 is 5.32 Å². The molecule has 1 atom stereocenters. The largest absolute Gasteiger partial charge is 0.455 e. The predicted molar refractivity (Wildman–Crippen MR) is 97.9 cm³/mol. The lowest BCUT2D eigenvalue weighted by Crippen LogP contribution is -2.22. The van der Waals surface area contributed by atoms with Crippen LogP contribution in [0.4, 0.5) is 0 Å². The lowest BCUT2D eigenvalue weighted by atomic mass is 10.2. The van der Waals surface area contributed by atoms with Crippen LogP contribution in [0.3, 0.4) is 0 Å². The third kappa shape index (κ3) is 4.59. The Morgan fingerprint density at radius 2 is 1.72 bits per heavy atom. The summed E-state index contributed by atoms with van der Waals surface area (Å²) in [7, 11) is -1.34. The zero-order valence-corrected chi connectivity index (χ0v) is 14.8. The molecule has 0 spiro atoms. The molecule has 0 saturated carbocycles. The third-order valence-electron chi connectivity index (χ3n) is 3.54. The molecular weight excluding hydrogens is 358 g/mol. The standard InChI is InChI=1S/C19H16ClNO3S/c20-16-8-4-5-9-18(16)25(23)13-15-10-11-17(24-15)19(22)21-12-14-6-2-1-3-7-14/h1-11H,12-13H2,(H,21,22)/t25-/m0/s1. The molecule has 3 rings (SSSR count). The Hall–Kier alpha value is -2.37. The van der Waals surface area contributed by atoms with Crippen LogP contribution in [0, 0.1) is 0 Å². The van der Waals surface area contributed by atoms with Crippen molar-refractivity contribution in [2.24, 2.45) is 0 Å². The third-order valence-corrected chi connectivity index (χ3v) is 5.37. The van der Waals surface area contributed by atoms with E-state index < -0.39 is 10.8 Å². The Morgan fingerprint density at radius 1 is 1.00 bits per heavy atom. The second-order valence-electron chi connectivity index (χ2n) is 5.35. The van der Waals surface area contributed by atoms with Gasteiger partial charge in [0.1, 0.15) is 5.76 Å². The minimum atomic E-state index is -1.34. The van der Waals surface area contributed by atoms with Crippen molar-refractivity contribution in [3.8, 4) is 0 Å². The number of benzene rings is 2. The Bertz CT molecular complexity index is 892. The molecule has 0 aliphatic carbocycles. The molecule has 0 unspecified atom stereocenters. The Labute approximate surface area is 153 Å². The number of carbonyl (C=O) groups is 1. The van der Waals surface area contributed by atoms with Gasteiger partial charge in [0.25, 0.3) is 5.91 Å². The van der Waals surface area contributed by atoms with Gasteiger partial charge >= 0.3 is 0 Å². The fourth-order valence-corrected chi connectivity index (χ4v) is 3.76. The first kappa shape index (κ1) is 17.5. The molecule has 25 heavy (non-hydrogen) atoms. The summed E-state index contributed by atoms with van der Waals surface area (Å²) in [5.74, 6) is 0.527. The van der Waals surface area contributed by atoms with Crippen LogP contribution in [0.25, 0.3) is 0 Å². The second kappa shape index (κ2) is 8.14. The van der Waals surface area contributed by atoms with Gasteiger partial charge in [0.05, 0.1) is 26.5 Å². The van der Waals surface area contributed by atoms with E-state index in [4.69, 9.17) is 16.0 Å². The van der Waals surface area contributed by atoms with Crippen LogP contribution in [0.15, 0.2) is 76.0 Å². The van der Waals surface area contributed by atoms with Gasteiger partial charge in [-0.15, -0.1) is 0 Å². The van der Waals surface area contributed by atoms with E-state index in [1.54, 1.807) is 36.4 Å². The number of hydrogen-bond acceptors (Lipinski definition) is 3. The molecule has 0 aliphatic heterocycles. The Kier molecular flexibility index (Phi) is 5.68. The predicted octanol–water partition coefficient (Wildman–Crippen LogP) is 4.17. The lowest BCUT2D eigenvalue weighted by Gasteiger charge is -2.04. The minimum absolute atomic E-state index is 0.162. The highest BCUT2D eigenvalue weighted by Crippen LogP contribution is 2.22. The molecule has 6 heteroatoms. The second-order valence-corrected chi connectivity index (χ2v) is 7.18. The SMILES string of the molecule is O=C(NCc1ccccc1)c1ccc(C[S@](=O)c2ccccc2Cl)o1. The lowest BCUT2D eigenvalue weighted by molar-refractivity contribution is 0.0921. The van der Waals surface area contributed by atoms with Crippen LogP contribution in [0.1, 0.15) is 21.9 Å². The first-order chi connectivity index (χ1) is 12.1. The number of carbonyl (C=O) groups excluding carboxylic acids is 1. The van der Waals surface area contributed by atoms with Crippen LogP contribution in [0.5, 0.6) is 0 Å². The highest BCUT2D eigenvalue weighted by Gasteiger charge is 2.14. The maximum Gasteiger partial charge on any atom is 0.287 e. The molecule has 0 bridgehead atoms. The Balaban J connectivity index is 1.61. The molecule has 4 nitrogen and oxygen atoms in total. The van der Waals surface area contributed by atoms with Gasteiger partial charge in [0, 0.05) is 6.54 Å². The number of amides is 1. The van der Waals surface area contributed by atoms with Gasteiger partial charge in [0.15, 0.2) is 5.76 Å². The summed E-state index contributed by atoms with van der Waals surface area (Å²) in [4.78, 5) is 12.7. The number of halogens is 1. The van der Waals surface area contributed by atoms with E-state index in [9.17, 15) is 9.00 Å². The molecule has 0 fully saturated rings. The summed E-state index contributed by atoms with van der Waals surface area (Å²) >= 11 is 6.05.